The van der Waals surface area contributed by atoms with Crippen LogP contribution in [0.5, 0.6) is 0 Å². The molecular weight excluding hydrogens is 1250 g/mol. The molecule has 0 radical (unpaired) electrons. The second kappa shape index (κ2) is 34.0. The first-order valence-electron chi connectivity index (χ1n) is 33.6. The highest BCUT2D eigenvalue weighted by Crippen LogP contribution is 2.35. The highest BCUT2D eigenvalue weighted by Gasteiger charge is 2.50. The summed E-state index contributed by atoms with van der Waals surface area (Å²) in [4.78, 5) is 188. The number of amides is 12. The fraction of sp³-hybridized carbons (Fsp3) is 0.716. The average molecular weight is 1350 g/mol. The Hall–Kier alpha value is -7.07. The molecule has 0 bridgehead atoms. The molecule has 3 aliphatic heterocycles. The summed E-state index contributed by atoms with van der Waals surface area (Å²) < 4.78 is 0. The van der Waals surface area contributed by atoms with Crippen molar-refractivity contribution in [2.75, 3.05) is 88.6 Å². The maximum absolute atomic E-state index is 15.3. The van der Waals surface area contributed by atoms with Crippen LogP contribution >= 0.6 is 23.2 Å². The first-order valence-corrected chi connectivity index (χ1v) is 34.3. The molecule has 1 spiro atoms. The lowest BCUT2D eigenvalue weighted by molar-refractivity contribution is -0.156. The molecule has 0 unspecified atom stereocenters. The summed E-state index contributed by atoms with van der Waals surface area (Å²) in [5, 5.41) is 18.7. The molecule has 94 heavy (non-hydrogen) atoms. The van der Waals surface area contributed by atoms with Crippen molar-refractivity contribution in [1.29, 1.82) is 5.26 Å². The number of piperidine rings is 1. The number of hydrogen-bond donors (Lipinski definition) is 3. The third kappa shape index (κ3) is 18.5. The molecule has 520 valence electrons. The Morgan fingerprint density at radius 1 is 0.660 bits per heavy atom. The highest BCUT2D eigenvalue weighted by molar-refractivity contribution is 6.42. The molecule has 1 aromatic carbocycles. The molecule has 5 fully saturated rings. The van der Waals surface area contributed by atoms with E-state index in [2.05, 4.69) is 16.0 Å². The summed E-state index contributed by atoms with van der Waals surface area (Å²) in [5.41, 5.74) is -0.919. The van der Waals surface area contributed by atoms with Crippen LogP contribution in [0.2, 0.25) is 10.0 Å². The fourth-order valence-corrected chi connectivity index (χ4v) is 14.3. The molecule has 12 amide bonds. The number of carbonyl (C=O) groups is 12. The van der Waals surface area contributed by atoms with E-state index in [4.69, 9.17) is 23.2 Å². The lowest BCUT2D eigenvalue weighted by Crippen LogP contribution is -2.65. The number of likely N-dealkylation sites (tertiary alicyclic amines) is 1. The Morgan fingerprint density at radius 3 is 1.89 bits per heavy atom. The number of nitrogens with one attached hydrogen (secondary N) is 3. The van der Waals surface area contributed by atoms with E-state index in [1.165, 1.54) is 86.8 Å². The van der Waals surface area contributed by atoms with Crippen LogP contribution in [0.3, 0.4) is 0 Å². The van der Waals surface area contributed by atoms with Crippen LogP contribution in [0.1, 0.15) is 161 Å². The van der Waals surface area contributed by atoms with Crippen molar-refractivity contribution in [3.05, 3.63) is 33.3 Å². The van der Waals surface area contributed by atoms with Crippen molar-refractivity contribution >= 4 is 94.1 Å². The molecule has 25 nitrogen and oxygen atoms in total. The zero-order chi connectivity index (χ0) is 69.6. The Labute approximate surface area is 564 Å². The predicted molar refractivity (Wildman–Crippen MR) is 353 cm³/mol. The van der Waals surface area contributed by atoms with Gasteiger partial charge in [-0.05, 0) is 107 Å². The molecule has 8 atom stereocenters. The van der Waals surface area contributed by atoms with Crippen molar-refractivity contribution < 1.29 is 57.5 Å². The van der Waals surface area contributed by atoms with Crippen LogP contribution in [0.25, 0.3) is 0 Å². The monoisotopic (exact) mass is 1350 g/mol. The van der Waals surface area contributed by atoms with E-state index < -0.39 is 157 Å². The Balaban J connectivity index is 1.39. The second-order valence-electron chi connectivity index (χ2n) is 27.3. The predicted octanol–water partition coefficient (Wildman–Crippen LogP) is 3.98. The number of fused-ring (bicyclic) bond motifs is 1. The fourth-order valence-electron chi connectivity index (χ4n) is 13.9. The zero-order valence-corrected chi connectivity index (χ0v) is 58.7. The van der Waals surface area contributed by atoms with Gasteiger partial charge in [-0.25, -0.2) is 0 Å². The average Bonchev–Trinajstić information content (AvgIpc) is 1.42. The van der Waals surface area contributed by atoms with Crippen LogP contribution < -0.4 is 16.0 Å². The van der Waals surface area contributed by atoms with Crippen LogP contribution in [0, 0.1) is 29.1 Å². The summed E-state index contributed by atoms with van der Waals surface area (Å²) in [5.74, 6) is -8.48. The van der Waals surface area contributed by atoms with E-state index in [1.54, 1.807) is 31.7 Å². The number of carbonyl (C=O) groups excluding carboxylic acids is 12. The molecule has 5 aliphatic rings. The van der Waals surface area contributed by atoms with Crippen LogP contribution in [-0.2, 0) is 64.0 Å². The molecule has 3 N–H and O–H groups in total. The summed E-state index contributed by atoms with van der Waals surface area (Å²) in [6, 6.07) is -3.41. The van der Waals surface area contributed by atoms with Gasteiger partial charge in [0.1, 0.15) is 53.9 Å². The molecule has 27 heteroatoms. The number of likely N-dealkylation sites (N-methyl/N-ethyl adjacent to an activating group) is 7. The van der Waals surface area contributed by atoms with Gasteiger partial charge in [-0.1, -0.05) is 102 Å². The van der Waals surface area contributed by atoms with Gasteiger partial charge in [0.2, 0.25) is 70.9 Å². The van der Waals surface area contributed by atoms with Gasteiger partial charge in [-0.3, -0.25) is 57.5 Å². The van der Waals surface area contributed by atoms with E-state index in [0.29, 0.717) is 57.2 Å². The maximum atomic E-state index is 15.3. The number of halogens is 2. The quantitative estimate of drug-likeness (QED) is 0.316. The highest BCUT2D eigenvalue weighted by atomic mass is 35.5. The van der Waals surface area contributed by atoms with E-state index in [0.717, 1.165) is 53.2 Å². The first kappa shape index (κ1) is 76.0. The van der Waals surface area contributed by atoms with Gasteiger partial charge < -0.3 is 60.0 Å². The number of nitrogens with zero attached hydrogens (tertiary/aromatic N) is 10. The third-order valence-corrected chi connectivity index (χ3v) is 21.1. The van der Waals surface area contributed by atoms with Gasteiger partial charge in [0.25, 0.3) is 0 Å². The van der Waals surface area contributed by atoms with Crippen molar-refractivity contribution in [2.24, 2.45) is 17.8 Å². The summed E-state index contributed by atoms with van der Waals surface area (Å²) in [6.07, 6.45) is 8.97. The number of hydrogen-bond acceptors (Lipinski definition) is 13. The van der Waals surface area contributed by atoms with Gasteiger partial charge in [0.05, 0.1) is 41.7 Å². The minimum Gasteiger partial charge on any atom is -0.343 e. The molecule has 6 rings (SSSR count). The summed E-state index contributed by atoms with van der Waals surface area (Å²) in [6.45, 7) is 7.85. The van der Waals surface area contributed by atoms with Crippen molar-refractivity contribution in [1.82, 2.24) is 60.0 Å². The minimum atomic E-state index is -1.53. The Morgan fingerprint density at radius 2 is 1.28 bits per heavy atom. The molecule has 2 saturated carbocycles. The summed E-state index contributed by atoms with van der Waals surface area (Å²) >= 11 is 12.8. The van der Waals surface area contributed by atoms with Gasteiger partial charge >= 0.3 is 0 Å². The molecule has 3 heterocycles. The number of benzene rings is 1. The van der Waals surface area contributed by atoms with Crippen molar-refractivity contribution in [3.8, 4) is 6.07 Å². The molecule has 3 saturated heterocycles. The van der Waals surface area contributed by atoms with Crippen LogP contribution in [-0.4, -0.2) is 251 Å². The van der Waals surface area contributed by atoms with E-state index in [9.17, 15) is 48.4 Å². The van der Waals surface area contributed by atoms with Gasteiger partial charge in [-0.2, -0.15) is 5.26 Å². The van der Waals surface area contributed by atoms with E-state index >= 15 is 14.4 Å². The summed E-state index contributed by atoms with van der Waals surface area (Å²) in [7, 11) is 9.93. The second-order valence-corrected chi connectivity index (χ2v) is 28.1. The van der Waals surface area contributed by atoms with Crippen LogP contribution in [0.4, 0.5) is 0 Å². The molecule has 2 aliphatic carbocycles. The van der Waals surface area contributed by atoms with Gasteiger partial charge in [-0.15, -0.1) is 0 Å². The normalized spacial score (nSPS) is 26.4. The van der Waals surface area contributed by atoms with Crippen molar-refractivity contribution in [3.63, 3.8) is 0 Å². The van der Waals surface area contributed by atoms with E-state index in [1.807, 2.05) is 13.0 Å². The zero-order valence-electron chi connectivity index (χ0n) is 57.2. The maximum Gasteiger partial charge on any atom is 0.248 e. The largest absolute Gasteiger partial charge is 0.343 e. The third-order valence-electron chi connectivity index (χ3n) is 20.3. The lowest BCUT2D eigenvalue weighted by atomic mass is 9.84. The van der Waals surface area contributed by atoms with E-state index in [-0.39, 0.29) is 66.6 Å². The van der Waals surface area contributed by atoms with Crippen LogP contribution in [0.15, 0.2) is 12.1 Å². The Bertz CT molecular complexity index is 3020. The number of aryl methyl sites for hydroxylation is 1. The first-order chi connectivity index (χ1) is 44.4. The molecule has 1 aromatic rings. The van der Waals surface area contributed by atoms with Gasteiger partial charge in [0.15, 0.2) is 0 Å². The molecule has 0 aromatic heterocycles. The standard InChI is InChI=1S/C67H101Cl2N13O12/c1-13-42(4)57-64(92)76(8)39-54(85)74(6)40-55(86)78(10)50(35-44-23-16-14-17-24-44)62(90)75(7)38-52(83)71-48(27-26-45-33-46(37-70)56(69)47(68)34-45)61(89)82-32-22-25-49(82)60(88)73-67(28-18-19-29-67)66(94)80(12)58(41(2)3)65(93)79(11)51(63(91)81-30-20-15-21-31-81)36-53(84)77(9)43(5)59(87)72-57/h33-34,41-44,48-51,57-58H,13-32,35-36,38-40H2,1-12H3,(H,71,83)(H,72,87)(H,73,88)/t42-,43-,48-,49-,50-,51-,57-,58-/m0/s1. The Kier molecular flexibility index (Phi) is 27.5. The van der Waals surface area contributed by atoms with Gasteiger partial charge in [0, 0.05) is 69.0 Å². The molecular formula is C67H101Cl2N13O12. The number of rotatable bonds is 9. The number of nitriles is 1. The SMILES string of the molecule is CC[C@H](C)[C@@H]1NC(=O)[C@H](C)N(C)C(=O)C[C@@H](C(=O)N2CCCCC2)N(C)C(=O)[C@H](C(C)C)N(C)C(=O)C2(CCCC2)NC(=O)[C@@H]2CCCN2C(=O)[C@H](CCc2cc(Cl)c(Cl)c(C#N)c2)NC(=O)CN(C)C(=O)[C@H](CC2CCCCC2)N(C)C(=O)CN(C)C(=O)CN(C)C1=O. The smallest absolute Gasteiger partial charge is 0.248 e. The minimum absolute atomic E-state index is 0.0424. The van der Waals surface area contributed by atoms with Crippen molar-refractivity contribution in [2.45, 2.75) is 204 Å². The topological polar surface area (TPSA) is 294 Å². The lowest BCUT2D eigenvalue weighted by Gasteiger charge is -2.41.